The molecule has 1 atom stereocenters. The number of piperidine rings is 1. The minimum atomic E-state index is -1.06. The van der Waals surface area contributed by atoms with E-state index < -0.39 is 12.6 Å². The average molecular weight is 397 g/mol. The lowest BCUT2D eigenvalue weighted by Crippen LogP contribution is -2.40. The minimum Gasteiger partial charge on any atom is -0.490 e. The topological polar surface area (TPSA) is 76.1 Å². The Morgan fingerprint density at radius 3 is 2.62 bits per heavy atom. The number of benzene rings is 2. The predicted octanol–water partition coefficient (Wildman–Crippen LogP) is 3.64. The number of nitrogens with zero attached hydrogens (tertiary/aromatic N) is 1. The van der Waals surface area contributed by atoms with E-state index in [4.69, 9.17) is 14.6 Å². The van der Waals surface area contributed by atoms with Crippen molar-refractivity contribution in [2.75, 3.05) is 26.3 Å². The maximum atomic E-state index is 13.1. The third kappa shape index (κ3) is 5.73. The van der Waals surface area contributed by atoms with Crippen LogP contribution in [0.5, 0.6) is 11.5 Å². The van der Waals surface area contributed by atoms with Crippen LogP contribution in [0.15, 0.2) is 48.5 Å². The summed E-state index contributed by atoms with van der Waals surface area (Å²) in [5.74, 6) is 0.0577. The monoisotopic (exact) mass is 397 g/mol. The molecular weight excluding hydrogens is 370 g/mol. The third-order valence-corrected chi connectivity index (χ3v) is 5.02. The number of aliphatic carboxylic acids is 1. The molecule has 0 aromatic heterocycles. The van der Waals surface area contributed by atoms with Crippen molar-refractivity contribution in [3.05, 3.63) is 59.7 Å². The summed E-state index contributed by atoms with van der Waals surface area (Å²) in [7, 11) is 0. The molecule has 0 spiro atoms. The summed E-state index contributed by atoms with van der Waals surface area (Å²) in [5, 5.41) is 8.81. The van der Waals surface area contributed by atoms with E-state index in [1.807, 2.05) is 30.0 Å². The SMILES string of the molecule is CCOc1cc(C(=O)N2CCCC(Cc3ccccc3)C2)ccc1OCC(=O)O. The van der Waals surface area contributed by atoms with Crippen molar-refractivity contribution in [3.63, 3.8) is 0 Å². The molecule has 2 aromatic rings. The van der Waals surface area contributed by atoms with Crippen molar-refractivity contribution in [1.29, 1.82) is 0 Å². The average Bonchev–Trinajstić information content (AvgIpc) is 2.73. The molecule has 154 valence electrons. The van der Waals surface area contributed by atoms with E-state index in [-0.39, 0.29) is 5.91 Å². The number of ether oxygens (including phenoxy) is 2. The van der Waals surface area contributed by atoms with Crippen molar-refractivity contribution >= 4 is 11.9 Å². The summed E-state index contributed by atoms with van der Waals surface area (Å²) in [6, 6.07) is 15.3. The molecule has 1 N–H and O–H groups in total. The standard InChI is InChI=1S/C23H27NO5/c1-2-28-21-14-19(10-11-20(21)29-16-22(25)26)23(27)24-12-6-9-18(15-24)13-17-7-4-3-5-8-17/h3-5,7-8,10-11,14,18H,2,6,9,12-13,15-16H2,1H3,(H,25,26). The maximum absolute atomic E-state index is 13.1. The van der Waals surface area contributed by atoms with E-state index in [1.165, 1.54) is 5.56 Å². The zero-order chi connectivity index (χ0) is 20.6. The number of carboxylic acid groups (broad SMARTS) is 1. The molecule has 1 saturated heterocycles. The number of carbonyl (C=O) groups is 2. The summed E-state index contributed by atoms with van der Waals surface area (Å²) >= 11 is 0. The van der Waals surface area contributed by atoms with Gasteiger partial charge in [0.05, 0.1) is 6.61 Å². The first-order valence-corrected chi connectivity index (χ1v) is 10.0. The number of hydrogen-bond acceptors (Lipinski definition) is 4. The zero-order valence-corrected chi connectivity index (χ0v) is 16.7. The predicted molar refractivity (Wildman–Crippen MR) is 110 cm³/mol. The van der Waals surface area contributed by atoms with E-state index in [2.05, 4.69) is 12.1 Å². The molecular formula is C23H27NO5. The first kappa shape index (κ1) is 20.7. The highest BCUT2D eigenvalue weighted by molar-refractivity contribution is 5.95. The van der Waals surface area contributed by atoms with Gasteiger partial charge >= 0.3 is 5.97 Å². The highest BCUT2D eigenvalue weighted by atomic mass is 16.5. The summed E-state index contributed by atoms with van der Waals surface area (Å²) in [6.45, 7) is 3.24. The first-order valence-electron chi connectivity index (χ1n) is 10.0. The van der Waals surface area contributed by atoms with Crippen molar-refractivity contribution in [3.8, 4) is 11.5 Å². The lowest BCUT2D eigenvalue weighted by Gasteiger charge is -2.33. The lowest BCUT2D eigenvalue weighted by molar-refractivity contribution is -0.139. The van der Waals surface area contributed by atoms with Gasteiger partial charge in [0, 0.05) is 18.7 Å². The second-order valence-corrected chi connectivity index (χ2v) is 7.23. The Kier molecular flexibility index (Phi) is 7.11. The van der Waals surface area contributed by atoms with E-state index >= 15 is 0 Å². The molecule has 6 nitrogen and oxygen atoms in total. The summed E-state index contributed by atoms with van der Waals surface area (Å²) in [4.78, 5) is 25.7. The second kappa shape index (κ2) is 9.96. The van der Waals surface area contributed by atoms with Crippen LogP contribution in [-0.4, -0.2) is 48.2 Å². The molecule has 1 unspecified atom stereocenters. The summed E-state index contributed by atoms with van der Waals surface area (Å²) in [6.07, 6.45) is 3.07. The van der Waals surface area contributed by atoms with Gasteiger partial charge in [0.15, 0.2) is 18.1 Å². The first-order chi connectivity index (χ1) is 14.1. The van der Waals surface area contributed by atoms with Crippen LogP contribution in [0.25, 0.3) is 0 Å². The summed E-state index contributed by atoms with van der Waals surface area (Å²) < 4.78 is 10.8. The van der Waals surface area contributed by atoms with Gasteiger partial charge in [-0.25, -0.2) is 4.79 Å². The van der Waals surface area contributed by atoms with Crippen LogP contribution in [-0.2, 0) is 11.2 Å². The number of likely N-dealkylation sites (tertiary alicyclic amines) is 1. The van der Waals surface area contributed by atoms with Crippen molar-refractivity contribution < 1.29 is 24.2 Å². The molecule has 0 saturated carbocycles. The van der Waals surface area contributed by atoms with E-state index in [1.54, 1.807) is 18.2 Å². The number of carboxylic acids is 1. The maximum Gasteiger partial charge on any atom is 0.341 e. The number of rotatable bonds is 8. The molecule has 3 rings (SSSR count). The molecule has 1 amide bonds. The molecule has 1 aliphatic rings. The largest absolute Gasteiger partial charge is 0.490 e. The fourth-order valence-electron chi connectivity index (χ4n) is 3.71. The molecule has 1 aliphatic heterocycles. The highest BCUT2D eigenvalue weighted by Gasteiger charge is 2.25. The van der Waals surface area contributed by atoms with Gasteiger partial charge in [-0.1, -0.05) is 30.3 Å². The van der Waals surface area contributed by atoms with Gasteiger partial charge in [0.25, 0.3) is 5.91 Å². The second-order valence-electron chi connectivity index (χ2n) is 7.23. The quantitative estimate of drug-likeness (QED) is 0.736. The van der Waals surface area contributed by atoms with Gasteiger partial charge in [0.2, 0.25) is 0 Å². The van der Waals surface area contributed by atoms with E-state index in [0.29, 0.717) is 29.6 Å². The Morgan fingerprint density at radius 2 is 1.90 bits per heavy atom. The van der Waals surface area contributed by atoms with Gasteiger partial charge in [-0.3, -0.25) is 4.79 Å². The molecule has 1 heterocycles. The van der Waals surface area contributed by atoms with Gasteiger partial charge in [-0.05, 0) is 55.9 Å². The molecule has 0 aliphatic carbocycles. The molecule has 6 heteroatoms. The number of amides is 1. The van der Waals surface area contributed by atoms with Crippen LogP contribution in [0.2, 0.25) is 0 Å². The van der Waals surface area contributed by atoms with Gasteiger partial charge in [-0.2, -0.15) is 0 Å². The number of carbonyl (C=O) groups excluding carboxylic acids is 1. The van der Waals surface area contributed by atoms with Gasteiger partial charge < -0.3 is 19.5 Å². The van der Waals surface area contributed by atoms with Crippen molar-refractivity contribution in [1.82, 2.24) is 4.90 Å². The van der Waals surface area contributed by atoms with Crippen LogP contribution >= 0.6 is 0 Å². The van der Waals surface area contributed by atoms with Gasteiger partial charge in [-0.15, -0.1) is 0 Å². The number of hydrogen-bond donors (Lipinski definition) is 1. The van der Waals surface area contributed by atoms with Gasteiger partial charge in [0.1, 0.15) is 0 Å². The van der Waals surface area contributed by atoms with Crippen molar-refractivity contribution in [2.45, 2.75) is 26.2 Å². The molecule has 0 radical (unpaired) electrons. The molecule has 2 aromatic carbocycles. The Labute approximate surface area is 171 Å². The molecule has 0 bridgehead atoms. The fraction of sp³-hybridized carbons (Fsp3) is 0.391. The highest BCUT2D eigenvalue weighted by Crippen LogP contribution is 2.30. The van der Waals surface area contributed by atoms with E-state index in [0.717, 1.165) is 32.4 Å². The Bertz CT molecular complexity index is 836. The lowest BCUT2D eigenvalue weighted by atomic mass is 9.91. The minimum absolute atomic E-state index is 0.0338. The molecule has 1 fully saturated rings. The zero-order valence-electron chi connectivity index (χ0n) is 16.7. The smallest absolute Gasteiger partial charge is 0.341 e. The van der Waals surface area contributed by atoms with Crippen LogP contribution in [0.3, 0.4) is 0 Å². The van der Waals surface area contributed by atoms with Crippen LogP contribution in [0.4, 0.5) is 0 Å². The Morgan fingerprint density at radius 1 is 1.10 bits per heavy atom. The molecule has 29 heavy (non-hydrogen) atoms. The van der Waals surface area contributed by atoms with E-state index in [9.17, 15) is 9.59 Å². The Hall–Kier alpha value is -3.02. The Balaban J connectivity index is 1.69. The third-order valence-electron chi connectivity index (χ3n) is 5.02. The summed E-state index contributed by atoms with van der Waals surface area (Å²) in [5.41, 5.74) is 1.82. The normalized spacial score (nSPS) is 16.3. The van der Waals surface area contributed by atoms with Crippen LogP contribution in [0, 0.1) is 5.92 Å². The van der Waals surface area contributed by atoms with Crippen molar-refractivity contribution in [2.24, 2.45) is 5.92 Å². The van der Waals surface area contributed by atoms with Crippen LogP contribution < -0.4 is 9.47 Å². The van der Waals surface area contributed by atoms with Crippen LogP contribution in [0.1, 0.15) is 35.7 Å². The fourth-order valence-corrected chi connectivity index (χ4v) is 3.71.